The summed E-state index contributed by atoms with van der Waals surface area (Å²) in [5, 5.41) is 6.06. The number of hydrogen-bond donors (Lipinski definition) is 2. The molecule has 0 aromatic heterocycles. The molecule has 1 amide bonds. The molecule has 1 heterocycles. The second-order valence-corrected chi connectivity index (χ2v) is 12.5. The predicted molar refractivity (Wildman–Crippen MR) is 167 cm³/mol. The molecule has 0 spiro atoms. The van der Waals surface area contributed by atoms with Crippen molar-refractivity contribution in [3.63, 3.8) is 0 Å². The van der Waals surface area contributed by atoms with Gasteiger partial charge in [-0.15, -0.1) is 0 Å². The van der Waals surface area contributed by atoms with Gasteiger partial charge >= 0.3 is 6.18 Å². The summed E-state index contributed by atoms with van der Waals surface area (Å²) in [6, 6.07) is 7.27. The van der Waals surface area contributed by atoms with Crippen LogP contribution in [-0.4, -0.2) is 48.0 Å². The minimum Gasteiger partial charge on any atom is -0.326 e. The van der Waals surface area contributed by atoms with Gasteiger partial charge in [0.05, 0.1) is 11.5 Å². The van der Waals surface area contributed by atoms with Gasteiger partial charge in [-0.1, -0.05) is 83.1 Å². The third-order valence-corrected chi connectivity index (χ3v) is 9.28. The number of guanidine groups is 1. The van der Waals surface area contributed by atoms with Crippen LogP contribution in [0.4, 0.5) is 23.2 Å². The van der Waals surface area contributed by atoms with Crippen molar-refractivity contribution in [2.75, 3.05) is 12.4 Å². The van der Waals surface area contributed by atoms with Crippen LogP contribution in [0.2, 0.25) is 10.0 Å². The van der Waals surface area contributed by atoms with E-state index in [9.17, 15) is 22.4 Å². The molecular formula is C32H41Cl2F4N4O+. The van der Waals surface area contributed by atoms with Gasteiger partial charge in [0.25, 0.3) is 11.9 Å². The summed E-state index contributed by atoms with van der Waals surface area (Å²) in [4.78, 5) is 18.2. The maximum absolute atomic E-state index is 14.7. The van der Waals surface area contributed by atoms with E-state index in [1.807, 2.05) is 13.8 Å². The van der Waals surface area contributed by atoms with Gasteiger partial charge in [0, 0.05) is 27.2 Å². The Morgan fingerprint density at radius 3 is 2.40 bits per heavy atom. The molecule has 1 aliphatic heterocycles. The molecule has 2 aromatic carbocycles. The maximum atomic E-state index is 14.7. The molecule has 0 fully saturated rings. The van der Waals surface area contributed by atoms with Crippen LogP contribution in [0.1, 0.15) is 70.7 Å². The zero-order valence-corrected chi connectivity index (χ0v) is 26.9. The first-order valence-corrected chi connectivity index (χ1v) is 15.4. The molecule has 0 saturated carbocycles. The average Bonchev–Trinajstić information content (AvgIpc) is 2.98. The number of alkyl halides is 3. The number of benzene rings is 2. The van der Waals surface area contributed by atoms with Crippen molar-refractivity contribution in [3.8, 4) is 0 Å². The molecule has 3 rings (SSSR count). The van der Waals surface area contributed by atoms with Crippen LogP contribution in [0.3, 0.4) is 0 Å². The van der Waals surface area contributed by atoms with Crippen molar-refractivity contribution < 1.29 is 26.9 Å². The summed E-state index contributed by atoms with van der Waals surface area (Å²) >= 11 is 12.2. The van der Waals surface area contributed by atoms with E-state index in [1.165, 1.54) is 23.8 Å². The number of hydrogen-bond acceptors (Lipinski definition) is 2. The lowest BCUT2D eigenvalue weighted by atomic mass is 9.61. The van der Waals surface area contributed by atoms with E-state index < -0.39 is 41.3 Å². The topological polar surface area (TPSA) is 56.5 Å². The Balaban J connectivity index is 2.23. The van der Waals surface area contributed by atoms with Gasteiger partial charge in [-0.2, -0.15) is 13.2 Å². The Kier molecular flexibility index (Phi) is 11.7. The van der Waals surface area contributed by atoms with Gasteiger partial charge in [0.15, 0.2) is 0 Å². The van der Waals surface area contributed by atoms with Crippen LogP contribution in [-0.2, 0) is 0 Å². The van der Waals surface area contributed by atoms with E-state index >= 15 is 0 Å². The third kappa shape index (κ3) is 8.29. The molecule has 0 radical (unpaired) electrons. The van der Waals surface area contributed by atoms with Crippen LogP contribution in [0.5, 0.6) is 0 Å². The number of carbonyl (C=O) groups is 1. The smallest absolute Gasteiger partial charge is 0.326 e. The summed E-state index contributed by atoms with van der Waals surface area (Å²) < 4.78 is 59.6. The molecule has 0 aliphatic carbocycles. The summed E-state index contributed by atoms with van der Waals surface area (Å²) in [6.07, 6.45) is 0.414. The highest BCUT2D eigenvalue weighted by Crippen LogP contribution is 2.48. The number of carbonyl (C=O) groups excluding carboxylic acids is 1. The molecule has 236 valence electrons. The Morgan fingerprint density at radius 1 is 1.12 bits per heavy atom. The van der Waals surface area contributed by atoms with Gasteiger partial charge in [0.1, 0.15) is 19.1 Å². The lowest BCUT2D eigenvalue weighted by molar-refractivity contribution is -0.582. The standard InChI is InChI=1S/C32H40Cl2F4N4O/c1-7-9-13-31(19(3)8-2)18-42(6)28(32(36,37)38)20(4)27(21(31)5)40-30(39-26-16-24(34)15-25(35)17-26)41-29(43)22-11-10-12-23(33)14-22/h10-12,14-21,27-28H,7-9,13H2,1-6H3,(H-,39,40,41,43)/p+1. The fraction of sp³-hybridized carbons (Fsp3) is 0.531. The predicted octanol–water partition coefficient (Wildman–Crippen LogP) is 8.85. The number of nitrogens with zero attached hydrogens (tertiary/aromatic N) is 2. The fourth-order valence-corrected chi connectivity index (χ4v) is 6.87. The zero-order valence-electron chi connectivity index (χ0n) is 25.4. The normalized spacial score (nSPS) is 25.5. The lowest BCUT2D eigenvalue weighted by Crippen LogP contribution is -2.48. The molecular weight excluding hydrogens is 603 g/mol. The third-order valence-electron chi connectivity index (χ3n) is 8.83. The second-order valence-electron chi connectivity index (χ2n) is 11.7. The van der Waals surface area contributed by atoms with Crippen molar-refractivity contribution in [1.29, 1.82) is 0 Å². The summed E-state index contributed by atoms with van der Waals surface area (Å²) in [6.45, 7) is 9.67. The SMILES string of the molecule is CCCCC1(C(C)CC)C=[N+](C)C(C(F)(F)F)C(C)C(N=C(NC(=O)c2cccc(Cl)c2)Nc2cc(F)cc(Cl)c2)C1C. The average molecular weight is 645 g/mol. The van der Waals surface area contributed by atoms with Gasteiger partial charge in [-0.3, -0.25) is 10.1 Å². The number of nitrogens with one attached hydrogen (secondary N) is 2. The van der Waals surface area contributed by atoms with Crippen molar-refractivity contribution in [2.24, 2.45) is 28.2 Å². The highest BCUT2D eigenvalue weighted by molar-refractivity contribution is 6.31. The lowest BCUT2D eigenvalue weighted by Gasteiger charge is -2.41. The van der Waals surface area contributed by atoms with Crippen molar-refractivity contribution in [3.05, 3.63) is 63.9 Å². The van der Waals surface area contributed by atoms with Crippen molar-refractivity contribution in [2.45, 2.75) is 78.6 Å². The highest BCUT2D eigenvalue weighted by atomic mass is 35.5. The molecule has 6 unspecified atom stereocenters. The summed E-state index contributed by atoms with van der Waals surface area (Å²) in [5.41, 5.74) is -0.203. The maximum Gasteiger partial charge on any atom is 0.451 e. The van der Waals surface area contributed by atoms with Crippen LogP contribution >= 0.6 is 23.2 Å². The molecule has 2 N–H and O–H groups in total. The minimum atomic E-state index is -4.54. The number of anilines is 1. The van der Waals surface area contributed by atoms with Crippen LogP contribution < -0.4 is 10.6 Å². The number of amides is 1. The monoisotopic (exact) mass is 643 g/mol. The van der Waals surface area contributed by atoms with Crippen LogP contribution in [0.15, 0.2) is 47.5 Å². The molecule has 6 atom stereocenters. The first-order chi connectivity index (χ1) is 20.1. The Hall–Kier alpha value is -2.65. The number of rotatable bonds is 8. The van der Waals surface area contributed by atoms with E-state index in [2.05, 4.69) is 24.5 Å². The molecule has 1 aliphatic rings. The Labute approximate surface area is 261 Å². The quantitative estimate of drug-likeness (QED) is 0.131. The zero-order chi connectivity index (χ0) is 32.1. The first kappa shape index (κ1) is 34.8. The minimum absolute atomic E-state index is 0.0490. The molecule has 0 saturated heterocycles. The van der Waals surface area contributed by atoms with Crippen LogP contribution in [0.25, 0.3) is 0 Å². The van der Waals surface area contributed by atoms with Crippen LogP contribution in [0, 0.1) is 29.0 Å². The highest BCUT2D eigenvalue weighted by Gasteiger charge is 2.59. The van der Waals surface area contributed by atoms with E-state index in [-0.39, 0.29) is 34.1 Å². The Morgan fingerprint density at radius 2 is 1.81 bits per heavy atom. The number of aliphatic imine (C=N–C) groups is 1. The van der Waals surface area contributed by atoms with Crippen molar-refractivity contribution >= 4 is 47.0 Å². The molecule has 11 heteroatoms. The summed E-state index contributed by atoms with van der Waals surface area (Å²) in [7, 11) is 1.49. The van der Waals surface area contributed by atoms with Gasteiger partial charge in [-0.25, -0.2) is 14.0 Å². The number of unbranched alkanes of at least 4 members (excludes halogenated alkanes) is 1. The van der Waals surface area contributed by atoms with Gasteiger partial charge < -0.3 is 5.32 Å². The Bertz CT molecular complexity index is 1330. The van der Waals surface area contributed by atoms with Gasteiger partial charge in [-0.05, 0) is 54.7 Å². The second kappa shape index (κ2) is 14.4. The van der Waals surface area contributed by atoms with E-state index in [1.54, 1.807) is 31.3 Å². The molecule has 2 aromatic rings. The van der Waals surface area contributed by atoms with E-state index in [4.69, 9.17) is 28.2 Å². The molecule has 43 heavy (non-hydrogen) atoms. The van der Waals surface area contributed by atoms with E-state index in [0.29, 0.717) is 11.4 Å². The fourth-order valence-electron chi connectivity index (χ4n) is 6.46. The molecule has 5 nitrogen and oxygen atoms in total. The van der Waals surface area contributed by atoms with Gasteiger partial charge in [0.2, 0.25) is 5.96 Å². The summed E-state index contributed by atoms with van der Waals surface area (Å²) in [5.74, 6) is -2.63. The number of halogens is 6. The largest absolute Gasteiger partial charge is 0.451 e. The van der Waals surface area contributed by atoms with E-state index in [0.717, 1.165) is 31.4 Å². The first-order valence-electron chi connectivity index (χ1n) is 14.6. The van der Waals surface area contributed by atoms with Crippen molar-refractivity contribution in [1.82, 2.24) is 5.32 Å². The molecule has 0 bridgehead atoms.